The van der Waals surface area contributed by atoms with Gasteiger partial charge in [0.1, 0.15) is 0 Å². The number of aliphatic carboxylic acids is 2. The Balaban J connectivity index is -0.0000000000634. The molecule has 0 aromatic rings. The molecule has 0 heterocycles. The molecule has 102 heteroatoms. The topological polar surface area (TPSA) is 74.6 Å². The van der Waals surface area contributed by atoms with Crippen LogP contribution in [0.2, 0.25) is 0 Å². The van der Waals surface area contributed by atoms with Gasteiger partial charge in [0, 0.05) is 12.2 Å². The first-order chi connectivity index (χ1) is 4.54. The van der Waals surface area contributed by atoms with E-state index in [0.717, 1.165) is 12.2 Å². The quantitative estimate of drug-likeness (QED) is 0.213. The van der Waals surface area contributed by atoms with Gasteiger partial charge in [0.15, 0.2) is 0 Å². The van der Waals surface area contributed by atoms with Crippen LogP contribution in [0.3, 0.4) is 0 Å². The van der Waals surface area contributed by atoms with Gasteiger partial charge in [0.25, 0.3) is 0 Å². The molecule has 56 valence electrons. The van der Waals surface area contributed by atoms with E-state index in [-0.39, 0.29) is 2900 Å². The van der Waals surface area contributed by atoms with Crippen LogP contribution in [-0.2, 0) is 9.59 Å². The van der Waals surface area contributed by atoms with Crippen molar-refractivity contribution in [2.24, 2.45) is 0 Å². The minimum Gasteiger partial charge on any atom is -0.478 e. The Morgan fingerprint density at radius 3 is 0.111 bits per heavy atom. The molecule has 0 radical (unpaired) electrons. The van der Waals surface area contributed by atoms with E-state index in [2.05, 4.69) is 13.2 Å². The summed E-state index contributed by atoms with van der Waals surface area (Å²) in [4.78, 5) is 18.5. The Labute approximate surface area is 2840 Å². The van der Waals surface area contributed by atoms with E-state index in [1.54, 1.807) is 0 Å². The van der Waals surface area contributed by atoms with Crippen LogP contribution in [0.25, 0.3) is 0 Å². The maximum Gasteiger partial charge on any atom is 1.00 e. The molecule has 0 unspecified atom stereocenters. The number of carboxylic acid groups (broad SMARTS) is 2. The summed E-state index contributed by atoms with van der Waals surface area (Å²) in [7, 11) is 0. The SMILES string of the molecule is C=CC(=O)O.C=CC(=O)O.[Na+].[Na+].[Na+].[Na+].[Na+].[Na+].[Na+].[Na+].[Na+].[Na+].[Na+].[Na+].[Na+].[Na+].[Na+].[Na+].[Na+].[Na+].[Na+].[Na+].[Na+].[Na+].[Na+].[Na+].[Na+].[Na+].[Na+].[Na+].[Na+].[Na+].[Na+].[Na+].[Na+].[Na+].[Na+].[Na+].[Na+].[Na+].[Na+].[Na+].[Na+].[Na+].[Na+].[Na+].[Na+].[Na+].[Na+].[Na+].[Na+].[Na+].[Na+].[Na+].[Na+].[Na+].[Na+].[Na+].[Na+].[Na+].[Na+].[Na+].[Na+].[Na+].[Na+].[Na+].[Na+].[Na+].[Na+].[Na+].[Na+].[Na+].[Na+].[Na+].[Na+].[Na+].[Na+].[Na+].[Na+].[Na+].[Na+].[Na+].[Na+].[Na+].[Na+].[Na+].[Na+].[Na+].[Na+].[Na+].[Na+].[Na+].[Na+].[Na+].[Na+].[Na+].[Na+].[Na+].[Na+].[Na+]. The first-order valence-electron chi connectivity index (χ1n) is 2.25. The molecule has 2 N–H and O–H groups in total. The maximum atomic E-state index is 9.25. The molecule has 0 bridgehead atoms. The fraction of sp³-hybridized carbons (Fsp3) is 0. The van der Waals surface area contributed by atoms with E-state index >= 15 is 0 Å². The molecular weight excluding hydrogens is 2390 g/mol. The summed E-state index contributed by atoms with van der Waals surface area (Å²) >= 11 is 0. The van der Waals surface area contributed by atoms with Crippen molar-refractivity contribution < 1.29 is 2920 Å². The van der Waals surface area contributed by atoms with Gasteiger partial charge >= 0.3 is 2910 Å². The number of hydrogen-bond acceptors (Lipinski definition) is 2. The largest absolute Gasteiger partial charge is 1.00 e. The van der Waals surface area contributed by atoms with Crippen LogP contribution in [-0.4, -0.2) is 22.2 Å². The van der Waals surface area contributed by atoms with Crippen molar-refractivity contribution in [2.75, 3.05) is 0 Å². The predicted octanol–water partition coefficient (Wildman–Crippen LogP) is -293. The molecule has 0 aromatic carbocycles. The molecule has 0 aliphatic rings. The maximum absolute atomic E-state index is 9.25. The molecule has 0 saturated heterocycles. The zero-order valence-electron chi connectivity index (χ0n) is 103. The summed E-state index contributed by atoms with van der Waals surface area (Å²) in [5.74, 6) is -1.96. The fourth-order valence-corrected chi connectivity index (χ4v) is 0. The molecule has 0 atom stereocenters. The van der Waals surface area contributed by atoms with Gasteiger partial charge in [-0.05, 0) is 0 Å². The summed E-state index contributed by atoms with van der Waals surface area (Å²) < 4.78 is 0. The number of carboxylic acids is 2. The smallest absolute Gasteiger partial charge is 0.478 e. The van der Waals surface area contributed by atoms with Gasteiger partial charge in [-0.1, -0.05) is 13.2 Å². The summed E-state index contributed by atoms with van der Waals surface area (Å²) in [6.07, 6.45) is 1.67. The average Bonchev–Trinajstić information content (AvgIpc) is 1.89. The minimum atomic E-state index is -0.981. The van der Waals surface area contributed by atoms with Gasteiger partial charge < -0.3 is 10.2 Å². The Hall–Kier alpha value is 96.4. The Morgan fingerprint density at radius 1 is 0.102 bits per heavy atom. The molecular formula is C6H8Na98O4+98. The summed E-state index contributed by atoms with van der Waals surface area (Å²) in [6, 6.07) is 0. The molecule has 0 aliphatic carbocycles. The van der Waals surface area contributed by atoms with Crippen molar-refractivity contribution >= 4 is 11.9 Å². The first kappa shape index (κ1) is 776. The zero-order valence-corrected chi connectivity index (χ0v) is 299. The Bertz CT molecular complexity index is 178. The summed E-state index contributed by atoms with van der Waals surface area (Å²) in [5, 5.41) is 15.2. The molecule has 0 amide bonds. The summed E-state index contributed by atoms with van der Waals surface area (Å²) in [5.41, 5.74) is 0. The van der Waals surface area contributed by atoms with Crippen LogP contribution in [0.4, 0.5) is 0 Å². The third kappa shape index (κ3) is 814. The second kappa shape index (κ2) is 764. The molecule has 108 heavy (non-hydrogen) atoms. The van der Waals surface area contributed by atoms with E-state index < -0.39 is 11.9 Å². The zero-order chi connectivity index (χ0) is 8.57. The second-order valence-corrected chi connectivity index (χ2v) is 1.08. The molecule has 0 rings (SSSR count). The Kier molecular flexibility index (Phi) is 5490. The van der Waals surface area contributed by atoms with E-state index in [1.165, 1.54) is 0 Å². The van der Waals surface area contributed by atoms with Crippen LogP contribution in [0.15, 0.2) is 25.3 Å². The normalized spacial score (nSPS) is 0.593. The van der Waals surface area contributed by atoms with Gasteiger partial charge in [0.2, 0.25) is 0 Å². The van der Waals surface area contributed by atoms with Crippen LogP contribution in [0.5, 0.6) is 0 Å². The van der Waals surface area contributed by atoms with Crippen LogP contribution < -0.4 is 2900 Å². The number of carbonyl (C=O) groups is 2. The van der Waals surface area contributed by atoms with Crippen molar-refractivity contribution in [3.63, 3.8) is 0 Å². The van der Waals surface area contributed by atoms with Crippen LogP contribution in [0, 0.1) is 0 Å². The molecule has 0 saturated carbocycles. The van der Waals surface area contributed by atoms with E-state index in [4.69, 9.17) is 10.2 Å². The number of hydrogen-bond donors (Lipinski definition) is 2. The Morgan fingerprint density at radius 2 is 0.111 bits per heavy atom. The first-order valence-corrected chi connectivity index (χ1v) is 2.25. The standard InChI is InChI=1S/2C3H4O2.98Na/c2*1-2-3(4)5;;;;;;;;;;;;;;;;;;;;;;;;;;;;;;;;;;;;;;;;;;;;;;;;;;;;;;;;;;;;;;;;;;;;;;;;;;;;;;;;;;;;;;;;;;;;;;;;;;/h2*2H,1H2,(H,4,5);;;;;;;;;;;;;;;;;;;;;;;;;;;;;;;;;;;;;;;;;;;;;;;;;;;;;;;;;;;;;;;;;;;;;;;;;;;;;;;;;;;;;;;;;;;;;;;;;;/q;;98*+1. The second-order valence-electron chi connectivity index (χ2n) is 1.08. The van der Waals surface area contributed by atoms with Gasteiger partial charge in [-0.3, -0.25) is 0 Å². The molecule has 4 nitrogen and oxygen atoms in total. The monoisotopic (exact) mass is 2400 g/mol. The van der Waals surface area contributed by atoms with Crippen LogP contribution in [0.1, 0.15) is 0 Å². The van der Waals surface area contributed by atoms with Gasteiger partial charge in [0.05, 0.1) is 0 Å². The predicted molar refractivity (Wildman–Crippen MR) is 35.7 cm³/mol. The molecule has 0 aliphatic heterocycles. The van der Waals surface area contributed by atoms with E-state index in [9.17, 15) is 9.59 Å². The van der Waals surface area contributed by atoms with E-state index in [1.807, 2.05) is 0 Å². The van der Waals surface area contributed by atoms with Crippen molar-refractivity contribution in [1.29, 1.82) is 0 Å². The van der Waals surface area contributed by atoms with Crippen molar-refractivity contribution in [3.8, 4) is 0 Å². The van der Waals surface area contributed by atoms with Gasteiger partial charge in [-0.25, -0.2) is 9.59 Å². The fourth-order valence-electron chi connectivity index (χ4n) is 0. The molecule has 0 aromatic heterocycles. The third-order valence-corrected chi connectivity index (χ3v) is 0.349. The van der Waals surface area contributed by atoms with Crippen molar-refractivity contribution in [3.05, 3.63) is 25.3 Å². The van der Waals surface area contributed by atoms with Crippen molar-refractivity contribution in [1.82, 2.24) is 0 Å². The van der Waals surface area contributed by atoms with Gasteiger partial charge in [-0.2, -0.15) is 0 Å². The molecule has 0 fully saturated rings. The average molecular weight is 2400 g/mol. The van der Waals surface area contributed by atoms with Crippen molar-refractivity contribution in [2.45, 2.75) is 0 Å². The summed E-state index contributed by atoms with van der Waals surface area (Å²) in [6.45, 7) is 5.92. The van der Waals surface area contributed by atoms with E-state index in [0.29, 0.717) is 0 Å². The van der Waals surface area contributed by atoms with Gasteiger partial charge in [-0.15, -0.1) is 0 Å². The molecule has 0 spiro atoms. The van der Waals surface area contributed by atoms with Crippen LogP contribution >= 0.6 is 0 Å². The number of rotatable bonds is 2. The third-order valence-electron chi connectivity index (χ3n) is 0.349. The minimum absolute atomic E-state index is 0.